The van der Waals surface area contributed by atoms with Crippen molar-refractivity contribution in [1.29, 1.82) is 0 Å². The lowest BCUT2D eigenvalue weighted by Crippen LogP contribution is -2.04. The maximum atomic E-state index is 9.65. The second-order valence-electron chi connectivity index (χ2n) is 11.2. The third-order valence-corrected chi connectivity index (χ3v) is 8.19. The smallest absolute Gasteiger partial charge is 0.166 e. The van der Waals surface area contributed by atoms with Gasteiger partial charge in [-0.2, -0.15) is 0 Å². The molecule has 2 heterocycles. The molecule has 0 saturated heterocycles. The van der Waals surface area contributed by atoms with Crippen molar-refractivity contribution in [2.24, 2.45) is 0 Å². The molecule has 7 aromatic carbocycles. The molecule has 0 unspecified atom stereocenters. The molecule has 49 heavy (non-hydrogen) atoms. The number of aromatic nitrogens is 4. The molecule has 0 spiro atoms. The van der Waals surface area contributed by atoms with Crippen LogP contribution in [-0.4, -0.2) is 19.5 Å². The highest BCUT2D eigenvalue weighted by Gasteiger charge is 2.20. The van der Waals surface area contributed by atoms with Crippen LogP contribution in [0.25, 0.3) is 83.9 Å². The lowest BCUT2D eigenvalue weighted by atomic mass is 10.0. The topological polar surface area (TPSA) is 43.6 Å². The summed E-state index contributed by atoms with van der Waals surface area (Å²) in [6.45, 7) is 0. The van der Waals surface area contributed by atoms with Crippen molar-refractivity contribution in [1.82, 2.24) is 19.5 Å². The summed E-state index contributed by atoms with van der Waals surface area (Å²) < 4.78 is 108. The summed E-state index contributed by atoms with van der Waals surface area (Å²) in [5.41, 5.74) is 2.29. The van der Waals surface area contributed by atoms with E-state index in [-0.39, 0.29) is 33.3 Å². The zero-order valence-corrected chi connectivity index (χ0v) is 25.7. The van der Waals surface area contributed by atoms with Crippen LogP contribution in [0.2, 0.25) is 0 Å². The monoisotopic (exact) mass is 638 g/mol. The number of hydrogen-bond donors (Lipinski definition) is 0. The summed E-state index contributed by atoms with van der Waals surface area (Å²) in [6, 6.07) is 26.0. The Balaban J connectivity index is 1.47. The minimum Gasteiger partial charge on any atom is -0.308 e. The van der Waals surface area contributed by atoms with Gasteiger partial charge in [0, 0.05) is 27.5 Å². The molecule has 0 fully saturated rings. The fraction of sp³-hybridized carbons (Fsp3) is 0. The molecule has 0 N–H and O–H groups in total. The van der Waals surface area contributed by atoms with E-state index in [0.717, 1.165) is 5.56 Å². The van der Waals surface area contributed by atoms with Gasteiger partial charge in [-0.05, 0) is 52.5 Å². The summed E-state index contributed by atoms with van der Waals surface area (Å²) in [7, 11) is 0. The van der Waals surface area contributed by atoms with Crippen LogP contribution >= 0.6 is 0 Å². The van der Waals surface area contributed by atoms with E-state index in [1.165, 1.54) is 4.57 Å². The Morgan fingerprint density at radius 2 is 0.980 bits per heavy atom. The SMILES string of the molecule is [2H]c1c([2H])c([2H])c(-c2c([2H])c([2H])c3c(c2[2H])c2c([2H])c([2H])c([2H])c([2H])c2n3-c2cc(-c3ccccc3)ccc2-c2nc(-c3ccccc3)nc(-c3ccccc3)n2)c([2H])c1[2H]. The first-order valence-corrected chi connectivity index (χ1v) is 15.5. The van der Waals surface area contributed by atoms with Crippen molar-refractivity contribution in [3.63, 3.8) is 0 Å². The number of para-hydroxylation sites is 1. The Kier molecular flexibility index (Phi) is 4.63. The van der Waals surface area contributed by atoms with Crippen LogP contribution in [0.4, 0.5) is 0 Å². The van der Waals surface area contributed by atoms with Crippen molar-refractivity contribution < 1.29 is 16.4 Å². The average molecular weight is 639 g/mol. The van der Waals surface area contributed by atoms with Gasteiger partial charge in [0.25, 0.3) is 0 Å². The number of rotatable bonds is 6. The molecule has 2 aromatic heterocycles. The van der Waals surface area contributed by atoms with Gasteiger partial charge >= 0.3 is 0 Å². The fourth-order valence-corrected chi connectivity index (χ4v) is 5.90. The fourth-order valence-electron chi connectivity index (χ4n) is 5.90. The second-order valence-corrected chi connectivity index (χ2v) is 11.2. The molecule has 0 atom stereocenters. The van der Waals surface area contributed by atoms with Crippen molar-refractivity contribution >= 4 is 21.8 Å². The summed E-state index contributed by atoms with van der Waals surface area (Å²) in [5.74, 6) is 0.869. The van der Waals surface area contributed by atoms with Gasteiger partial charge in [-0.25, -0.2) is 15.0 Å². The van der Waals surface area contributed by atoms with Crippen molar-refractivity contribution in [2.45, 2.75) is 0 Å². The summed E-state index contributed by atoms with van der Waals surface area (Å²) >= 11 is 0. The normalized spacial score (nSPS) is 14.7. The molecule has 9 rings (SSSR count). The van der Waals surface area contributed by atoms with Gasteiger partial charge in [0.15, 0.2) is 17.5 Å². The third kappa shape index (κ3) is 5.26. The highest BCUT2D eigenvalue weighted by Crippen LogP contribution is 2.39. The third-order valence-electron chi connectivity index (χ3n) is 8.19. The lowest BCUT2D eigenvalue weighted by molar-refractivity contribution is 1.06. The Bertz CT molecular complexity index is 3180. The molecule has 0 radical (unpaired) electrons. The van der Waals surface area contributed by atoms with Crippen LogP contribution < -0.4 is 0 Å². The van der Waals surface area contributed by atoms with E-state index in [9.17, 15) is 6.85 Å². The van der Waals surface area contributed by atoms with Crippen LogP contribution in [0.1, 0.15) is 16.4 Å². The largest absolute Gasteiger partial charge is 0.308 e. The molecular weight excluding hydrogens is 597 g/mol. The Labute approximate surface area is 301 Å². The average Bonchev–Trinajstić information content (AvgIpc) is 3.66. The highest BCUT2D eigenvalue weighted by molar-refractivity contribution is 6.11. The molecule has 0 aliphatic carbocycles. The molecular formula is C45H30N4. The Morgan fingerprint density at radius 3 is 1.65 bits per heavy atom. The van der Waals surface area contributed by atoms with E-state index in [1.807, 2.05) is 97.1 Å². The van der Waals surface area contributed by atoms with Gasteiger partial charge in [-0.3, -0.25) is 0 Å². The zero-order chi connectivity index (χ0) is 43.0. The van der Waals surface area contributed by atoms with Crippen molar-refractivity contribution in [3.8, 4) is 62.1 Å². The van der Waals surface area contributed by atoms with E-state index in [2.05, 4.69) is 0 Å². The second kappa shape index (κ2) is 12.2. The summed E-state index contributed by atoms with van der Waals surface area (Å²) in [6.07, 6.45) is 0. The first kappa shape index (κ1) is 18.6. The standard InChI is InChI=1S/C45H30N4/c1-5-15-31(16-6-1)35-26-28-41-39(29-35)37-23-13-14-24-40(37)49(41)42-30-36(32-17-7-2-8-18-32)25-27-38(42)45-47-43(33-19-9-3-10-20-33)46-44(48-45)34-21-11-4-12-22-34/h1-30H/i1D,5D,6D,13D,14D,15D,16D,23D,24D,26D,28D,29D. The summed E-state index contributed by atoms with van der Waals surface area (Å²) in [4.78, 5) is 14.8. The first-order valence-electron chi connectivity index (χ1n) is 21.5. The minimum atomic E-state index is -0.699. The van der Waals surface area contributed by atoms with E-state index in [0.29, 0.717) is 33.9 Å². The van der Waals surface area contributed by atoms with Crippen molar-refractivity contribution in [2.75, 3.05) is 0 Å². The van der Waals surface area contributed by atoms with Crippen LogP contribution in [-0.2, 0) is 0 Å². The minimum absolute atomic E-state index is 0.118. The van der Waals surface area contributed by atoms with Crippen LogP contribution in [0.5, 0.6) is 0 Å². The maximum absolute atomic E-state index is 9.65. The van der Waals surface area contributed by atoms with E-state index < -0.39 is 83.6 Å². The maximum Gasteiger partial charge on any atom is 0.166 e. The quantitative estimate of drug-likeness (QED) is 0.182. The predicted octanol–water partition coefficient (Wildman–Crippen LogP) is 11.3. The zero-order valence-electron chi connectivity index (χ0n) is 37.7. The molecule has 0 amide bonds. The van der Waals surface area contributed by atoms with Crippen molar-refractivity contribution in [3.05, 3.63) is 182 Å². The van der Waals surface area contributed by atoms with Gasteiger partial charge in [0.05, 0.1) is 33.2 Å². The van der Waals surface area contributed by atoms with Gasteiger partial charge in [-0.1, -0.05) is 151 Å². The Hall–Kier alpha value is -6.65. The number of benzene rings is 7. The number of fused-ring (bicyclic) bond motifs is 3. The predicted molar refractivity (Wildman–Crippen MR) is 201 cm³/mol. The molecule has 9 aromatic rings. The van der Waals surface area contributed by atoms with E-state index in [4.69, 9.17) is 24.5 Å². The molecule has 4 nitrogen and oxygen atoms in total. The van der Waals surface area contributed by atoms with Crippen LogP contribution in [0.15, 0.2) is 182 Å². The Morgan fingerprint density at radius 1 is 0.408 bits per heavy atom. The first-order chi connectivity index (χ1) is 29.3. The van der Waals surface area contributed by atoms with E-state index >= 15 is 0 Å². The van der Waals surface area contributed by atoms with Crippen LogP contribution in [0.3, 0.4) is 0 Å². The van der Waals surface area contributed by atoms with Gasteiger partial charge < -0.3 is 4.57 Å². The van der Waals surface area contributed by atoms with Gasteiger partial charge in [0.2, 0.25) is 0 Å². The summed E-state index contributed by atoms with van der Waals surface area (Å²) in [5, 5.41) is -0.332. The van der Waals surface area contributed by atoms with Gasteiger partial charge in [0.1, 0.15) is 0 Å². The lowest BCUT2D eigenvalue weighted by Gasteiger charge is -2.16. The van der Waals surface area contributed by atoms with Gasteiger partial charge in [-0.15, -0.1) is 0 Å². The number of hydrogen-bond acceptors (Lipinski definition) is 3. The molecule has 0 aliphatic heterocycles. The van der Waals surface area contributed by atoms with E-state index in [1.54, 1.807) is 12.1 Å². The molecule has 0 saturated carbocycles. The highest BCUT2D eigenvalue weighted by atomic mass is 15.1. The molecule has 230 valence electrons. The van der Waals surface area contributed by atoms with Crippen LogP contribution in [0, 0.1) is 0 Å². The number of nitrogens with zero attached hydrogens (tertiary/aromatic N) is 4. The molecule has 0 bridgehead atoms. The molecule has 4 heteroatoms. The molecule has 0 aliphatic rings.